The standard InChI is InChI=1S/C11H18N4OS/c1-3-15-11(2,9(12)16)5-8-17-10-13-6-4-7-14-10/h4,6-7,15H,3,5,8H2,1-2H3,(H2,12,16). The molecule has 1 unspecified atom stereocenters. The number of amides is 1. The van der Waals surface area contributed by atoms with Gasteiger partial charge in [0.2, 0.25) is 5.91 Å². The molecule has 1 heterocycles. The van der Waals surface area contributed by atoms with E-state index in [2.05, 4.69) is 15.3 Å². The van der Waals surface area contributed by atoms with Crippen LogP contribution in [-0.4, -0.2) is 33.7 Å². The van der Waals surface area contributed by atoms with Gasteiger partial charge in [0.1, 0.15) is 0 Å². The Hall–Kier alpha value is -1.14. The summed E-state index contributed by atoms with van der Waals surface area (Å²) >= 11 is 1.52. The van der Waals surface area contributed by atoms with E-state index in [0.717, 1.165) is 10.9 Å². The Balaban J connectivity index is 2.45. The fraction of sp³-hybridized carbons (Fsp3) is 0.545. The first-order chi connectivity index (χ1) is 8.08. The lowest BCUT2D eigenvalue weighted by Crippen LogP contribution is -2.53. The van der Waals surface area contributed by atoms with Crippen molar-refractivity contribution in [3.63, 3.8) is 0 Å². The second-order valence-corrected chi connectivity index (χ2v) is 4.92. The average Bonchev–Trinajstić information content (AvgIpc) is 2.30. The molecule has 0 saturated heterocycles. The van der Waals surface area contributed by atoms with Crippen LogP contribution < -0.4 is 11.1 Å². The lowest BCUT2D eigenvalue weighted by atomic mass is 9.98. The number of hydrogen-bond acceptors (Lipinski definition) is 5. The van der Waals surface area contributed by atoms with E-state index in [1.165, 1.54) is 11.8 Å². The molecule has 0 aliphatic rings. The van der Waals surface area contributed by atoms with E-state index in [1.807, 2.05) is 13.8 Å². The summed E-state index contributed by atoms with van der Waals surface area (Å²) in [6.07, 6.45) is 4.05. The second-order valence-electron chi connectivity index (χ2n) is 3.86. The Labute approximate surface area is 106 Å². The molecule has 94 valence electrons. The molecule has 1 amide bonds. The van der Waals surface area contributed by atoms with Crippen LogP contribution in [-0.2, 0) is 4.79 Å². The lowest BCUT2D eigenvalue weighted by Gasteiger charge is -2.26. The molecule has 0 fully saturated rings. The largest absolute Gasteiger partial charge is 0.368 e. The Morgan fingerprint density at radius 3 is 2.71 bits per heavy atom. The summed E-state index contributed by atoms with van der Waals surface area (Å²) in [5, 5.41) is 3.83. The highest BCUT2D eigenvalue weighted by molar-refractivity contribution is 7.99. The predicted molar refractivity (Wildman–Crippen MR) is 68.6 cm³/mol. The molecule has 1 aromatic heterocycles. The Bertz CT molecular complexity index is 360. The van der Waals surface area contributed by atoms with Crippen LogP contribution in [0.2, 0.25) is 0 Å². The van der Waals surface area contributed by atoms with E-state index in [4.69, 9.17) is 5.73 Å². The fourth-order valence-electron chi connectivity index (χ4n) is 1.40. The molecule has 1 aromatic rings. The first kappa shape index (κ1) is 13.9. The maximum absolute atomic E-state index is 11.4. The van der Waals surface area contributed by atoms with Gasteiger partial charge in [0.25, 0.3) is 0 Å². The number of carbonyl (C=O) groups is 1. The zero-order valence-corrected chi connectivity index (χ0v) is 11.0. The van der Waals surface area contributed by atoms with Crippen LogP contribution in [0.4, 0.5) is 0 Å². The maximum Gasteiger partial charge on any atom is 0.237 e. The molecule has 0 aromatic carbocycles. The van der Waals surface area contributed by atoms with Crippen molar-refractivity contribution < 1.29 is 4.79 Å². The second kappa shape index (κ2) is 6.56. The van der Waals surface area contributed by atoms with Crippen molar-refractivity contribution in [2.45, 2.75) is 31.0 Å². The summed E-state index contributed by atoms with van der Waals surface area (Å²) in [5.74, 6) is 0.421. The minimum Gasteiger partial charge on any atom is -0.368 e. The SMILES string of the molecule is CCNC(C)(CCSc1ncccn1)C(N)=O. The Kier molecular flexibility index (Phi) is 5.37. The molecule has 6 heteroatoms. The van der Waals surface area contributed by atoms with Crippen molar-refractivity contribution in [2.24, 2.45) is 5.73 Å². The number of nitrogens with zero attached hydrogens (tertiary/aromatic N) is 2. The number of nitrogens with one attached hydrogen (secondary N) is 1. The zero-order valence-electron chi connectivity index (χ0n) is 10.1. The fourth-order valence-corrected chi connectivity index (χ4v) is 2.36. The maximum atomic E-state index is 11.4. The van der Waals surface area contributed by atoms with Crippen molar-refractivity contribution >= 4 is 17.7 Å². The van der Waals surface area contributed by atoms with Crippen molar-refractivity contribution in [1.82, 2.24) is 15.3 Å². The zero-order chi connectivity index (χ0) is 12.7. The monoisotopic (exact) mass is 254 g/mol. The van der Waals surface area contributed by atoms with Gasteiger partial charge in [-0.05, 0) is 26.0 Å². The van der Waals surface area contributed by atoms with Gasteiger partial charge >= 0.3 is 0 Å². The molecule has 1 rings (SSSR count). The van der Waals surface area contributed by atoms with Gasteiger partial charge in [-0.1, -0.05) is 18.7 Å². The normalized spacial score (nSPS) is 14.2. The van der Waals surface area contributed by atoms with Gasteiger partial charge in [0, 0.05) is 18.1 Å². The third-order valence-corrected chi connectivity index (χ3v) is 3.36. The molecular formula is C11H18N4OS. The Morgan fingerprint density at radius 1 is 1.53 bits per heavy atom. The molecular weight excluding hydrogens is 236 g/mol. The molecule has 1 atom stereocenters. The number of aromatic nitrogens is 2. The van der Waals surface area contributed by atoms with Crippen molar-refractivity contribution in [3.05, 3.63) is 18.5 Å². The quantitative estimate of drug-likeness (QED) is 0.556. The van der Waals surface area contributed by atoms with Crippen LogP contribution in [0.5, 0.6) is 0 Å². The summed E-state index contributed by atoms with van der Waals surface area (Å²) in [5.41, 5.74) is 4.74. The summed E-state index contributed by atoms with van der Waals surface area (Å²) in [6, 6.07) is 1.77. The molecule has 0 radical (unpaired) electrons. The van der Waals surface area contributed by atoms with Crippen LogP contribution in [0.15, 0.2) is 23.6 Å². The molecule has 5 nitrogen and oxygen atoms in total. The van der Waals surface area contributed by atoms with Crippen molar-refractivity contribution in [3.8, 4) is 0 Å². The summed E-state index contributed by atoms with van der Waals surface area (Å²) < 4.78 is 0. The topological polar surface area (TPSA) is 80.9 Å². The van der Waals surface area contributed by atoms with Crippen molar-refractivity contribution in [2.75, 3.05) is 12.3 Å². The van der Waals surface area contributed by atoms with E-state index in [9.17, 15) is 4.79 Å². The summed E-state index contributed by atoms with van der Waals surface area (Å²) in [7, 11) is 0. The Morgan fingerprint density at radius 2 is 2.18 bits per heavy atom. The first-order valence-corrected chi connectivity index (χ1v) is 6.52. The van der Waals surface area contributed by atoms with E-state index in [-0.39, 0.29) is 5.91 Å². The molecule has 0 aliphatic carbocycles. The van der Waals surface area contributed by atoms with Crippen LogP contribution in [0, 0.1) is 0 Å². The van der Waals surface area contributed by atoms with E-state index in [0.29, 0.717) is 13.0 Å². The number of primary amides is 1. The van der Waals surface area contributed by atoms with Gasteiger partial charge in [-0.2, -0.15) is 0 Å². The molecule has 0 spiro atoms. The minimum atomic E-state index is -0.656. The third-order valence-electron chi connectivity index (χ3n) is 2.49. The van der Waals surface area contributed by atoms with E-state index >= 15 is 0 Å². The van der Waals surface area contributed by atoms with Gasteiger partial charge in [-0.25, -0.2) is 9.97 Å². The van der Waals surface area contributed by atoms with Crippen LogP contribution in [0.1, 0.15) is 20.3 Å². The number of carbonyl (C=O) groups excluding carboxylic acids is 1. The predicted octanol–water partition coefficient (Wildman–Crippen LogP) is 0.812. The first-order valence-electron chi connectivity index (χ1n) is 5.53. The number of thioether (sulfide) groups is 1. The molecule has 17 heavy (non-hydrogen) atoms. The van der Waals surface area contributed by atoms with E-state index < -0.39 is 5.54 Å². The van der Waals surface area contributed by atoms with Gasteiger partial charge in [-0.3, -0.25) is 4.79 Å². The number of likely N-dealkylation sites (N-methyl/N-ethyl adjacent to an activating group) is 1. The number of nitrogens with two attached hydrogens (primary N) is 1. The van der Waals surface area contributed by atoms with Crippen molar-refractivity contribution in [1.29, 1.82) is 0 Å². The van der Waals surface area contributed by atoms with Gasteiger partial charge in [0.15, 0.2) is 5.16 Å². The van der Waals surface area contributed by atoms with Gasteiger partial charge in [0.05, 0.1) is 5.54 Å². The van der Waals surface area contributed by atoms with Gasteiger partial charge < -0.3 is 11.1 Å². The van der Waals surface area contributed by atoms with Crippen LogP contribution in [0.25, 0.3) is 0 Å². The van der Waals surface area contributed by atoms with E-state index in [1.54, 1.807) is 18.5 Å². The highest BCUT2D eigenvalue weighted by atomic mass is 32.2. The van der Waals surface area contributed by atoms with Gasteiger partial charge in [-0.15, -0.1) is 0 Å². The summed E-state index contributed by atoms with van der Waals surface area (Å²) in [6.45, 7) is 4.49. The average molecular weight is 254 g/mol. The molecule has 3 N–H and O–H groups in total. The number of hydrogen-bond donors (Lipinski definition) is 2. The van der Waals surface area contributed by atoms with Crippen LogP contribution >= 0.6 is 11.8 Å². The summed E-state index contributed by atoms with van der Waals surface area (Å²) in [4.78, 5) is 19.6. The number of rotatable bonds is 7. The van der Waals surface area contributed by atoms with Crippen LogP contribution in [0.3, 0.4) is 0 Å². The third kappa shape index (κ3) is 4.32. The molecule has 0 aliphatic heterocycles. The lowest BCUT2D eigenvalue weighted by molar-refractivity contribution is -0.123. The highest BCUT2D eigenvalue weighted by Gasteiger charge is 2.29. The highest BCUT2D eigenvalue weighted by Crippen LogP contribution is 2.18. The smallest absolute Gasteiger partial charge is 0.237 e. The molecule has 0 saturated carbocycles. The molecule has 0 bridgehead atoms. The minimum absolute atomic E-state index is 0.325.